The van der Waals surface area contributed by atoms with Crippen LogP contribution in [0.5, 0.6) is 0 Å². The summed E-state index contributed by atoms with van der Waals surface area (Å²) in [5.74, 6) is -0.434. The van der Waals surface area contributed by atoms with Crippen molar-refractivity contribution in [2.45, 2.75) is 18.6 Å². The smallest absolute Gasteiger partial charge is 0.311 e. The molecule has 0 bridgehead atoms. The molecule has 0 saturated carbocycles. The lowest BCUT2D eigenvalue weighted by molar-refractivity contribution is -0.142. The zero-order valence-electron chi connectivity index (χ0n) is 16.7. The molecule has 1 amide bonds. The van der Waals surface area contributed by atoms with Crippen LogP contribution < -0.4 is 5.32 Å². The number of nitrogens with zero attached hydrogens (tertiary/aromatic N) is 2. The minimum Gasteiger partial charge on any atom is -0.466 e. The number of ether oxygens (including phenoxy) is 1. The first-order valence-electron chi connectivity index (χ1n) is 9.61. The van der Waals surface area contributed by atoms with Crippen molar-refractivity contribution in [3.63, 3.8) is 0 Å². The second kappa shape index (κ2) is 9.76. The standard InChI is InChI=1S/C22H19N3O4S2/c1-2-28-19(27)12-17-20(14-8-4-3-5-9-14)25-21(31-17)24-18(26)13-30-22-23-15-10-6-7-11-16(15)29-22/h3-11H,2,12-13H2,1H3,(H,24,25,26). The van der Waals surface area contributed by atoms with Gasteiger partial charge in [-0.2, -0.15) is 0 Å². The number of aromatic nitrogens is 2. The fourth-order valence-electron chi connectivity index (χ4n) is 2.89. The molecule has 0 aliphatic rings. The highest BCUT2D eigenvalue weighted by Crippen LogP contribution is 2.32. The normalized spacial score (nSPS) is 10.9. The van der Waals surface area contributed by atoms with Gasteiger partial charge in [0.15, 0.2) is 10.7 Å². The molecule has 0 saturated heterocycles. The Labute approximate surface area is 186 Å². The van der Waals surface area contributed by atoms with Crippen molar-refractivity contribution < 1.29 is 18.7 Å². The molecule has 0 spiro atoms. The van der Waals surface area contributed by atoms with Crippen LogP contribution in [-0.4, -0.2) is 34.2 Å². The molecule has 0 fully saturated rings. The molecule has 158 valence electrons. The molecule has 2 aromatic carbocycles. The highest BCUT2D eigenvalue weighted by atomic mass is 32.2. The Morgan fingerprint density at radius 2 is 1.87 bits per heavy atom. The SMILES string of the molecule is CCOC(=O)Cc1sc(NC(=O)CSc2nc3ccccc3o2)nc1-c1ccccc1. The predicted octanol–water partition coefficient (Wildman–Crippen LogP) is 4.79. The van der Waals surface area contributed by atoms with E-state index in [-0.39, 0.29) is 24.1 Å². The van der Waals surface area contributed by atoms with E-state index < -0.39 is 0 Å². The van der Waals surface area contributed by atoms with Crippen LogP contribution in [0.3, 0.4) is 0 Å². The maximum Gasteiger partial charge on any atom is 0.311 e. The van der Waals surface area contributed by atoms with Gasteiger partial charge in [-0.3, -0.25) is 9.59 Å². The second-order valence-electron chi connectivity index (χ2n) is 6.42. The van der Waals surface area contributed by atoms with Crippen molar-refractivity contribution in [2.24, 2.45) is 0 Å². The molecule has 0 unspecified atom stereocenters. The number of carbonyl (C=O) groups excluding carboxylic acids is 2. The summed E-state index contributed by atoms with van der Waals surface area (Å²) in [5, 5.41) is 3.67. The van der Waals surface area contributed by atoms with Gasteiger partial charge in [-0.05, 0) is 19.1 Å². The molecule has 4 rings (SSSR count). The number of benzene rings is 2. The summed E-state index contributed by atoms with van der Waals surface area (Å²) in [6.45, 7) is 2.08. The molecule has 7 nitrogen and oxygen atoms in total. The summed E-state index contributed by atoms with van der Waals surface area (Å²) < 4.78 is 10.7. The topological polar surface area (TPSA) is 94.3 Å². The van der Waals surface area contributed by atoms with E-state index in [1.165, 1.54) is 23.1 Å². The first-order valence-corrected chi connectivity index (χ1v) is 11.4. The van der Waals surface area contributed by atoms with Crippen LogP contribution in [0.2, 0.25) is 0 Å². The Morgan fingerprint density at radius 1 is 1.10 bits per heavy atom. The summed E-state index contributed by atoms with van der Waals surface area (Å²) in [6.07, 6.45) is 0.100. The number of esters is 1. The lowest BCUT2D eigenvalue weighted by Crippen LogP contribution is -2.13. The van der Waals surface area contributed by atoms with Crippen molar-refractivity contribution >= 4 is 51.2 Å². The molecule has 2 aromatic heterocycles. The molecule has 0 aliphatic carbocycles. The number of nitrogens with one attached hydrogen (secondary N) is 1. The van der Waals surface area contributed by atoms with Gasteiger partial charge in [-0.1, -0.05) is 54.2 Å². The van der Waals surface area contributed by atoms with E-state index in [0.29, 0.717) is 28.2 Å². The maximum absolute atomic E-state index is 12.5. The average Bonchev–Trinajstić information content (AvgIpc) is 3.36. The summed E-state index contributed by atoms with van der Waals surface area (Å²) in [5.41, 5.74) is 2.97. The molecule has 9 heteroatoms. The highest BCUT2D eigenvalue weighted by Gasteiger charge is 2.18. The van der Waals surface area contributed by atoms with E-state index in [0.717, 1.165) is 16.0 Å². The lowest BCUT2D eigenvalue weighted by Gasteiger charge is -2.02. The Kier molecular flexibility index (Phi) is 6.63. The number of amides is 1. The van der Waals surface area contributed by atoms with E-state index in [1.54, 1.807) is 6.92 Å². The van der Waals surface area contributed by atoms with Crippen LogP contribution in [0.4, 0.5) is 5.13 Å². The Bertz CT molecular complexity index is 1170. The van der Waals surface area contributed by atoms with Gasteiger partial charge in [0.1, 0.15) is 5.52 Å². The molecule has 31 heavy (non-hydrogen) atoms. The van der Waals surface area contributed by atoms with Gasteiger partial charge >= 0.3 is 5.97 Å². The van der Waals surface area contributed by atoms with Gasteiger partial charge in [0.05, 0.1) is 24.5 Å². The fourth-order valence-corrected chi connectivity index (χ4v) is 4.51. The van der Waals surface area contributed by atoms with Gasteiger partial charge < -0.3 is 14.5 Å². The van der Waals surface area contributed by atoms with Gasteiger partial charge in [-0.25, -0.2) is 9.97 Å². The van der Waals surface area contributed by atoms with Crippen LogP contribution in [0.15, 0.2) is 64.2 Å². The van der Waals surface area contributed by atoms with Crippen molar-refractivity contribution in [3.8, 4) is 11.3 Å². The first kappa shape index (κ1) is 21.1. The van der Waals surface area contributed by atoms with Crippen molar-refractivity contribution in [2.75, 3.05) is 17.7 Å². The summed E-state index contributed by atoms with van der Waals surface area (Å²) in [4.78, 5) is 34.1. The number of oxazole rings is 1. The van der Waals surface area contributed by atoms with Gasteiger partial charge in [0.2, 0.25) is 5.91 Å². The monoisotopic (exact) mass is 453 g/mol. The van der Waals surface area contributed by atoms with Crippen molar-refractivity contribution in [1.82, 2.24) is 9.97 Å². The number of carbonyl (C=O) groups is 2. The lowest BCUT2D eigenvalue weighted by atomic mass is 10.1. The molecule has 0 atom stereocenters. The average molecular weight is 454 g/mol. The molecule has 0 radical (unpaired) electrons. The van der Waals surface area contributed by atoms with Gasteiger partial charge in [0.25, 0.3) is 5.22 Å². The minimum atomic E-state index is -0.326. The van der Waals surface area contributed by atoms with E-state index in [9.17, 15) is 9.59 Å². The van der Waals surface area contributed by atoms with Crippen molar-refractivity contribution in [1.29, 1.82) is 0 Å². The minimum absolute atomic E-state index is 0.100. The molecule has 1 N–H and O–H groups in total. The summed E-state index contributed by atoms with van der Waals surface area (Å²) in [7, 11) is 0. The van der Waals surface area contributed by atoms with Crippen LogP contribution >= 0.6 is 23.1 Å². The molecular weight excluding hydrogens is 434 g/mol. The van der Waals surface area contributed by atoms with Crippen LogP contribution in [0.1, 0.15) is 11.8 Å². The van der Waals surface area contributed by atoms with Crippen LogP contribution in [0.25, 0.3) is 22.4 Å². The number of thioether (sulfide) groups is 1. The Balaban J connectivity index is 1.46. The molecular formula is C22H19N3O4S2. The molecule has 2 heterocycles. The Hall–Kier alpha value is -3.17. The highest BCUT2D eigenvalue weighted by molar-refractivity contribution is 7.99. The zero-order valence-corrected chi connectivity index (χ0v) is 18.3. The fraction of sp³-hybridized carbons (Fsp3) is 0.182. The predicted molar refractivity (Wildman–Crippen MR) is 121 cm³/mol. The number of hydrogen-bond acceptors (Lipinski definition) is 8. The summed E-state index contributed by atoms with van der Waals surface area (Å²) >= 11 is 2.48. The number of para-hydroxylation sites is 2. The summed E-state index contributed by atoms with van der Waals surface area (Å²) in [6, 6.07) is 17.0. The quantitative estimate of drug-likeness (QED) is 0.303. The van der Waals surface area contributed by atoms with Crippen molar-refractivity contribution in [3.05, 3.63) is 59.5 Å². The largest absolute Gasteiger partial charge is 0.466 e. The van der Waals surface area contributed by atoms with E-state index in [1.807, 2.05) is 54.6 Å². The third-order valence-corrected chi connectivity index (χ3v) is 6.00. The maximum atomic E-state index is 12.5. The number of anilines is 1. The molecule has 4 aromatic rings. The van der Waals surface area contributed by atoms with Gasteiger partial charge in [0, 0.05) is 10.4 Å². The third-order valence-electron chi connectivity index (χ3n) is 4.20. The van der Waals surface area contributed by atoms with E-state index in [2.05, 4.69) is 15.3 Å². The number of fused-ring (bicyclic) bond motifs is 1. The number of thiazole rings is 1. The van der Waals surface area contributed by atoms with Gasteiger partial charge in [-0.15, -0.1) is 11.3 Å². The van der Waals surface area contributed by atoms with E-state index in [4.69, 9.17) is 9.15 Å². The first-order chi connectivity index (χ1) is 15.1. The Morgan fingerprint density at radius 3 is 2.65 bits per heavy atom. The third kappa shape index (κ3) is 5.31. The number of hydrogen-bond donors (Lipinski definition) is 1. The zero-order chi connectivity index (χ0) is 21.6. The number of rotatable bonds is 8. The van der Waals surface area contributed by atoms with E-state index >= 15 is 0 Å². The van der Waals surface area contributed by atoms with Crippen LogP contribution in [0, 0.1) is 0 Å². The molecule has 0 aliphatic heterocycles. The van der Waals surface area contributed by atoms with Crippen LogP contribution in [-0.2, 0) is 20.7 Å². The second-order valence-corrected chi connectivity index (χ2v) is 8.43.